The third-order valence-electron chi connectivity index (χ3n) is 5.28. The van der Waals surface area contributed by atoms with Crippen molar-refractivity contribution in [3.8, 4) is 0 Å². The SMILES string of the molecule is CCOC(=O)c1c(NC(=O)CSc2nnc(Cc3ccccc3F)n2N)sc2c1CCCC2. The van der Waals surface area contributed by atoms with Crippen LogP contribution < -0.4 is 11.2 Å². The van der Waals surface area contributed by atoms with Gasteiger partial charge in [0.2, 0.25) is 11.1 Å². The number of nitrogens with zero attached hydrogens (tertiary/aromatic N) is 3. The number of hydrogen-bond acceptors (Lipinski definition) is 8. The van der Waals surface area contributed by atoms with Crippen LogP contribution in [0.4, 0.5) is 9.39 Å². The molecule has 0 radical (unpaired) electrons. The molecule has 3 aromatic rings. The number of nitrogen functional groups attached to an aromatic ring is 1. The summed E-state index contributed by atoms with van der Waals surface area (Å²) in [5, 5.41) is 11.8. The summed E-state index contributed by atoms with van der Waals surface area (Å²) in [4.78, 5) is 26.3. The molecule has 2 heterocycles. The molecule has 174 valence electrons. The maximum Gasteiger partial charge on any atom is 0.341 e. The molecular formula is C22H24FN5O3S2. The first-order chi connectivity index (χ1) is 16.0. The number of aryl methyl sites for hydroxylation is 1. The number of rotatable bonds is 8. The number of benzene rings is 1. The Morgan fingerprint density at radius 3 is 2.85 bits per heavy atom. The lowest BCUT2D eigenvalue weighted by molar-refractivity contribution is -0.113. The first-order valence-electron chi connectivity index (χ1n) is 10.6. The Hall–Kier alpha value is -2.92. The average Bonchev–Trinajstić information content (AvgIpc) is 3.33. The monoisotopic (exact) mass is 489 g/mol. The Kier molecular flexibility index (Phi) is 7.29. The molecule has 1 aliphatic rings. The molecule has 0 atom stereocenters. The van der Waals surface area contributed by atoms with Crippen molar-refractivity contribution in [3.63, 3.8) is 0 Å². The van der Waals surface area contributed by atoms with Crippen LogP contribution in [0.3, 0.4) is 0 Å². The molecule has 0 spiro atoms. The summed E-state index contributed by atoms with van der Waals surface area (Å²) in [7, 11) is 0. The molecule has 1 aromatic carbocycles. The lowest BCUT2D eigenvalue weighted by Crippen LogP contribution is -2.18. The van der Waals surface area contributed by atoms with Crippen molar-refractivity contribution < 1.29 is 18.7 Å². The maximum atomic E-state index is 13.9. The average molecular weight is 490 g/mol. The van der Waals surface area contributed by atoms with Gasteiger partial charge in [-0.1, -0.05) is 30.0 Å². The van der Waals surface area contributed by atoms with Crippen molar-refractivity contribution in [3.05, 3.63) is 57.5 Å². The first kappa shape index (κ1) is 23.2. The lowest BCUT2D eigenvalue weighted by atomic mass is 9.95. The number of hydrogen-bond donors (Lipinski definition) is 2. The van der Waals surface area contributed by atoms with Gasteiger partial charge < -0.3 is 15.9 Å². The minimum Gasteiger partial charge on any atom is -0.462 e. The number of esters is 1. The van der Waals surface area contributed by atoms with Gasteiger partial charge in [-0.15, -0.1) is 21.5 Å². The van der Waals surface area contributed by atoms with Crippen LogP contribution in [-0.4, -0.2) is 39.1 Å². The summed E-state index contributed by atoms with van der Waals surface area (Å²) in [5.74, 6) is 5.44. The number of carbonyl (C=O) groups excluding carboxylic acids is 2. The fourth-order valence-electron chi connectivity index (χ4n) is 3.70. The van der Waals surface area contributed by atoms with Crippen LogP contribution in [0.1, 0.15) is 52.0 Å². The molecular weight excluding hydrogens is 465 g/mol. The number of amides is 1. The van der Waals surface area contributed by atoms with Gasteiger partial charge in [0.15, 0.2) is 5.82 Å². The number of thiophene rings is 1. The number of aromatic nitrogens is 3. The summed E-state index contributed by atoms with van der Waals surface area (Å²) in [6.07, 6.45) is 3.98. The Morgan fingerprint density at radius 2 is 2.06 bits per heavy atom. The zero-order valence-corrected chi connectivity index (χ0v) is 19.7. The highest BCUT2D eigenvalue weighted by atomic mass is 32.2. The Labute approximate surface area is 198 Å². The first-order valence-corrected chi connectivity index (χ1v) is 12.4. The van der Waals surface area contributed by atoms with Crippen LogP contribution >= 0.6 is 23.1 Å². The quantitative estimate of drug-likeness (QED) is 0.283. The molecule has 2 aromatic heterocycles. The van der Waals surface area contributed by atoms with Crippen LogP contribution in [-0.2, 0) is 28.8 Å². The van der Waals surface area contributed by atoms with Gasteiger partial charge in [-0.05, 0) is 49.8 Å². The van der Waals surface area contributed by atoms with Gasteiger partial charge in [0.25, 0.3) is 0 Å². The third kappa shape index (κ3) is 5.19. The number of halogens is 1. The van der Waals surface area contributed by atoms with Gasteiger partial charge >= 0.3 is 5.97 Å². The van der Waals surface area contributed by atoms with Gasteiger partial charge in [-0.25, -0.2) is 13.9 Å². The zero-order valence-electron chi connectivity index (χ0n) is 18.1. The zero-order chi connectivity index (χ0) is 23.4. The number of ether oxygens (including phenoxy) is 1. The Balaban J connectivity index is 1.42. The van der Waals surface area contributed by atoms with E-state index in [1.165, 1.54) is 22.1 Å². The van der Waals surface area contributed by atoms with Gasteiger partial charge in [-0.3, -0.25) is 4.79 Å². The molecule has 0 unspecified atom stereocenters. The molecule has 11 heteroatoms. The molecule has 3 N–H and O–H groups in total. The van der Waals surface area contributed by atoms with E-state index >= 15 is 0 Å². The molecule has 4 rings (SSSR count). The van der Waals surface area contributed by atoms with Gasteiger partial charge in [0, 0.05) is 11.3 Å². The van der Waals surface area contributed by atoms with Crippen LogP contribution in [0.5, 0.6) is 0 Å². The molecule has 33 heavy (non-hydrogen) atoms. The smallest absolute Gasteiger partial charge is 0.341 e. The second kappa shape index (κ2) is 10.3. The second-order valence-corrected chi connectivity index (χ2v) is 9.56. The fraction of sp³-hybridized carbons (Fsp3) is 0.364. The van der Waals surface area contributed by atoms with E-state index in [9.17, 15) is 14.0 Å². The normalized spacial score (nSPS) is 12.9. The van der Waals surface area contributed by atoms with Crippen molar-refractivity contribution >= 4 is 40.0 Å². The minimum absolute atomic E-state index is 0.0276. The van der Waals surface area contributed by atoms with E-state index in [1.807, 2.05) is 0 Å². The van der Waals surface area contributed by atoms with E-state index in [0.717, 1.165) is 47.9 Å². The topological polar surface area (TPSA) is 112 Å². The van der Waals surface area contributed by atoms with Crippen LogP contribution in [0.2, 0.25) is 0 Å². The molecule has 0 saturated carbocycles. The van der Waals surface area contributed by atoms with Gasteiger partial charge in [-0.2, -0.15) is 0 Å². The standard InChI is InChI=1S/C22H24FN5O3S2/c1-2-31-21(30)19-14-8-4-6-10-16(14)33-20(19)25-18(29)12-32-22-27-26-17(28(22)24)11-13-7-3-5-9-15(13)23/h3,5,7,9H,2,4,6,8,10-12,24H2,1H3,(H,25,29). The summed E-state index contributed by atoms with van der Waals surface area (Å²) >= 11 is 2.56. The third-order valence-corrected chi connectivity index (χ3v) is 7.43. The summed E-state index contributed by atoms with van der Waals surface area (Å²) < 4.78 is 20.4. The van der Waals surface area contributed by atoms with Crippen molar-refractivity contribution in [2.45, 2.75) is 44.2 Å². The summed E-state index contributed by atoms with van der Waals surface area (Å²) in [6, 6.07) is 6.39. The van der Waals surface area contributed by atoms with E-state index in [4.69, 9.17) is 10.6 Å². The minimum atomic E-state index is -0.403. The van der Waals surface area contributed by atoms with Gasteiger partial charge in [0.05, 0.1) is 17.9 Å². The van der Waals surface area contributed by atoms with E-state index in [-0.39, 0.29) is 30.5 Å². The van der Waals surface area contributed by atoms with Crippen molar-refractivity contribution in [2.75, 3.05) is 23.5 Å². The Morgan fingerprint density at radius 1 is 1.27 bits per heavy atom. The molecule has 0 fully saturated rings. The van der Waals surface area contributed by atoms with E-state index in [2.05, 4.69) is 15.5 Å². The molecule has 1 amide bonds. The van der Waals surface area contributed by atoms with Crippen molar-refractivity contribution in [1.82, 2.24) is 14.9 Å². The largest absolute Gasteiger partial charge is 0.462 e. The second-order valence-electron chi connectivity index (χ2n) is 7.51. The fourth-order valence-corrected chi connectivity index (χ4v) is 5.67. The summed E-state index contributed by atoms with van der Waals surface area (Å²) in [6.45, 7) is 2.03. The highest BCUT2D eigenvalue weighted by Gasteiger charge is 2.27. The number of anilines is 1. The lowest BCUT2D eigenvalue weighted by Gasteiger charge is -2.12. The predicted molar refractivity (Wildman–Crippen MR) is 126 cm³/mol. The number of thioether (sulfide) groups is 1. The van der Waals surface area contributed by atoms with Crippen LogP contribution in [0.25, 0.3) is 0 Å². The van der Waals surface area contributed by atoms with Gasteiger partial charge in [0.1, 0.15) is 10.8 Å². The van der Waals surface area contributed by atoms with E-state index in [0.29, 0.717) is 27.1 Å². The Bertz CT molecular complexity index is 1180. The van der Waals surface area contributed by atoms with E-state index < -0.39 is 5.97 Å². The molecule has 8 nitrogen and oxygen atoms in total. The highest BCUT2D eigenvalue weighted by Crippen LogP contribution is 2.38. The van der Waals surface area contributed by atoms with E-state index in [1.54, 1.807) is 25.1 Å². The molecule has 0 saturated heterocycles. The number of fused-ring (bicyclic) bond motifs is 1. The molecule has 0 aliphatic heterocycles. The molecule has 1 aliphatic carbocycles. The van der Waals surface area contributed by atoms with Crippen molar-refractivity contribution in [1.29, 1.82) is 0 Å². The predicted octanol–water partition coefficient (Wildman–Crippen LogP) is 3.57. The van der Waals surface area contributed by atoms with Crippen LogP contribution in [0, 0.1) is 5.82 Å². The molecule has 0 bridgehead atoms. The maximum absolute atomic E-state index is 13.9. The number of carbonyl (C=O) groups is 2. The number of nitrogens with one attached hydrogen (secondary N) is 1. The summed E-state index contributed by atoms with van der Waals surface area (Å²) in [5.41, 5.74) is 1.93. The van der Waals surface area contributed by atoms with Crippen LogP contribution in [0.15, 0.2) is 29.4 Å². The highest BCUT2D eigenvalue weighted by molar-refractivity contribution is 7.99. The number of nitrogens with two attached hydrogens (primary N) is 1. The van der Waals surface area contributed by atoms with Crippen molar-refractivity contribution in [2.24, 2.45) is 0 Å².